The molecule has 0 bridgehead atoms. The number of hydrogen-bond donors (Lipinski definition) is 0. The molecule has 4 nitrogen and oxygen atoms in total. The Hall–Kier alpha value is -1.42. The summed E-state index contributed by atoms with van der Waals surface area (Å²) in [6.07, 6.45) is 2.03. The Morgan fingerprint density at radius 3 is 2.11 bits per heavy atom. The molecule has 0 saturated heterocycles. The van der Waals surface area contributed by atoms with E-state index in [1.807, 2.05) is 0 Å². The van der Waals surface area contributed by atoms with Gasteiger partial charge in [0.25, 0.3) is 0 Å². The minimum absolute atomic E-state index is 0.0166. The molecule has 0 atom stereocenters. The van der Waals surface area contributed by atoms with E-state index in [9.17, 15) is 4.79 Å². The highest BCUT2D eigenvalue weighted by molar-refractivity contribution is 6.17. The fourth-order valence-electron chi connectivity index (χ4n) is 1.76. The zero-order valence-corrected chi connectivity index (χ0v) is 12.3. The van der Waals surface area contributed by atoms with Crippen molar-refractivity contribution in [3.63, 3.8) is 0 Å². The third kappa shape index (κ3) is 4.03. The third-order valence-corrected chi connectivity index (χ3v) is 3.06. The van der Waals surface area contributed by atoms with Gasteiger partial charge in [-0.15, -0.1) is 11.6 Å². The van der Waals surface area contributed by atoms with Crippen LogP contribution in [0.1, 0.15) is 29.6 Å². The Labute approximate surface area is 118 Å². The highest BCUT2D eigenvalue weighted by Crippen LogP contribution is 2.35. The number of Topliss-reactive ketones (excluding diaryl/α,β-unsaturated/α-hetero) is 1. The van der Waals surface area contributed by atoms with E-state index in [-0.39, 0.29) is 5.78 Å². The lowest BCUT2D eigenvalue weighted by Gasteiger charge is -2.13. The number of methoxy groups -OCH3 is 3. The molecule has 0 amide bonds. The molecule has 0 fully saturated rings. The number of ketones is 1. The molecule has 0 radical (unpaired) electrons. The van der Waals surface area contributed by atoms with Crippen molar-refractivity contribution >= 4 is 17.4 Å². The van der Waals surface area contributed by atoms with Crippen LogP contribution in [-0.2, 0) is 0 Å². The van der Waals surface area contributed by atoms with Gasteiger partial charge < -0.3 is 14.2 Å². The summed E-state index contributed by atoms with van der Waals surface area (Å²) in [5.41, 5.74) is 0.509. The van der Waals surface area contributed by atoms with Crippen LogP contribution in [0.25, 0.3) is 0 Å². The van der Waals surface area contributed by atoms with Crippen LogP contribution in [0, 0.1) is 0 Å². The molecule has 0 aromatic heterocycles. The first-order valence-electron chi connectivity index (χ1n) is 6.07. The van der Waals surface area contributed by atoms with E-state index in [0.29, 0.717) is 35.1 Å². The minimum atomic E-state index is 0.0166. The van der Waals surface area contributed by atoms with Crippen molar-refractivity contribution in [2.45, 2.75) is 19.3 Å². The molecule has 106 valence electrons. The number of carbonyl (C=O) groups excluding carboxylic acids is 1. The molecule has 1 aromatic carbocycles. The van der Waals surface area contributed by atoms with Gasteiger partial charge in [-0.1, -0.05) is 0 Å². The largest absolute Gasteiger partial charge is 0.496 e. The lowest BCUT2D eigenvalue weighted by molar-refractivity contribution is 0.0976. The lowest BCUT2D eigenvalue weighted by Crippen LogP contribution is -2.04. The van der Waals surface area contributed by atoms with Crippen molar-refractivity contribution in [2.24, 2.45) is 0 Å². The Balaban J connectivity index is 3.00. The van der Waals surface area contributed by atoms with Gasteiger partial charge in [0.2, 0.25) is 0 Å². The Bertz CT molecular complexity index is 432. The van der Waals surface area contributed by atoms with Crippen molar-refractivity contribution < 1.29 is 19.0 Å². The fourth-order valence-corrected chi connectivity index (χ4v) is 1.95. The predicted molar refractivity (Wildman–Crippen MR) is 75.0 cm³/mol. The van der Waals surface area contributed by atoms with Crippen LogP contribution < -0.4 is 14.2 Å². The summed E-state index contributed by atoms with van der Waals surface area (Å²) in [5, 5.41) is 0. The van der Waals surface area contributed by atoms with Gasteiger partial charge in [0, 0.05) is 18.4 Å². The van der Waals surface area contributed by atoms with Gasteiger partial charge in [-0.05, 0) is 18.9 Å². The molecule has 0 heterocycles. The first-order chi connectivity index (χ1) is 9.17. The van der Waals surface area contributed by atoms with Gasteiger partial charge in [0.15, 0.2) is 17.3 Å². The van der Waals surface area contributed by atoms with Crippen LogP contribution in [0.2, 0.25) is 0 Å². The van der Waals surface area contributed by atoms with E-state index in [1.165, 1.54) is 14.2 Å². The maximum Gasteiger partial charge on any atom is 0.166 e. The van der Waals surface area contributed by atoms with Gasteiger partial charge in [-0.25, -0.2) is 0 Å². The van der Waals surface area contributed by atoms with Crippen LogP contribution in [0.4, 0.5) is 0 Å². The number of ether oxygens (including phenoxy) is 3. The number of halogens is 1. The smallest absolute Gasteiger partial charge is 0.166 e. The molecule has 0 aliphatic rings. The van der Waals surface area contributed by atoms with Gasteiger partial charge in [0.1, 0.15) is 5.75 Å². The molecule has 0 saturated carbocycles. The molecular formula is C14H19ClO4. The average molecular weight is 287 g/mol. The second-order valence-corrected chi connectivity index (χ2v) is 4.35. The number of alkyl halides is 1. The van der Waals surface area contributed by atoms with Crippen molar-refractivity contribution in [1.29, 1.82) is 0 Å². The molecule has 1 rings (SSSR count). The minimum Gasteiger partial charge on any atom is -0.496 e. The fraction of sp³-hybridized carbons (Fsp3) is 0.500. The highest BCUT2D eigenvalue weighted by Gasteiger charge is 2.17. The molecule has 1 aromatic rings. The summed E-state index contributed by atoms with van der Waals surface area (Å²) in [6.45, 7) is 0. The number of hydrogen-bond acceptors (Lipinski definition) is 4. The van der Waals surface area contributed by atoms with Crippen LogP contribution >= 0.6 is 11.6 Å². The Kier molecular flexibility index (Phi) is 6.50. The monoisotopic (exact) mass is 286 g/mol. The maximum absolute atomic E-state index is 12.1. The van der Waals surface area contributed by atoms with Gasteiger partial charge >= 0.3 is 0 Å². The van der Waals surface area contributed by atoms with Crippen LogP contribution in [0.15, 0.2) is 12.1 Å². The van der Waals surface area contributed by atoms with E-state index >= 15 is 0 Å². The normalized spacial score (nSPS) is 10.1. The standard InChI is InChI=1S/C14H19ClO4/c1-17-12-9-14(19-3)13(18-2)8-10(12)11(16)6-4-5-7-15/h8-9H,4-7H2,1-3H3. The molecule has 0 N–H and O–H groups in total. The van der Waals surface area contributed by atoms with E-state index in [2.05, 4.69) is 0 Å². The number of rotatable bonds is 8. The first kappa shape index (κ1) is 15.6. The Morgan fingerprint density at radius 2 is 1.58 bits per heavy atom. The van der Waals surface area contributed by atoms with Gasteiger partial charge in [-0.2, -0.15) is 0 Å². The molecular weight excluding hydrogens is 268 g/mol. The SMILES string of the molecule is COc1cc(OC)c(C(=O)CCCCCl)cc1OC. The van der Waals surface area contributed by atoms with Gasteiger partial charge in [0.05, 0.1) is 26.9 Å². The van der Waals surface area contributed by atoms with Crippen LogP contribution in [-0.4, -0.2) is 33.0 Å². The first-order valence-corrected chi connectivity index (χ1v) is 6.60. The summed E-state index contributed by atoms with van der Waals surface area (Å²) in [4.78, 5) is 12.1. The molecule has 5 heteroatoms. The third-order valence-electron chi connectivity index (χ3n) is 2.79. The quantitative estimate of drug-likeness (QED) is 0.418. The van der Waals surface area contributed by atoms with E-state index < -0.39 is 0 Å². The van der Waals surface area contributed by atoms with Gasteiger partial charge in [-0.3, -0.25) is 4.79 Å². The second-order valence-electron chi connectivity index (χ2n) is 3.98. The predicted octanol–water partition coefficient (Wildman–Crippen LogP) is 3.30. The van der Waals surface area contributed by atoms with Crippen molar-refractivity contribution in [3.8, 4) is 17.2 Å². The number of carbonyl (C=O) groups is 1. The maximum atomic E-state index is 12.1. The summed E-state index contributed by atoms with van der Waals surface area (Å²) < 4.78 is 15.6. The van der Waals surface area contributed by atoms with E-state index in [4.69, 9.17) is 25.8 Å². The number of benzene rings is 1. The zero-order chi connectivity index (χ0) is 14.3. The second kappa shape index (κ2) is 7.89. The summed E-state index contributed by atoms with van der Waals surface area (Å²) in [7, 11) is 4.60. The van der Waals surface area contributed by atoms with E-state index in [1.54, 1.807) is 19.2 Å². The van der Waals surface area contributed by atoms with Crippen molar-refractivity contribution in [1.82, 2.24) is 0 Å². The molecule has 0 spiro atoms. The summed E-state index contributed by atoms with van der Waals surface area (Å²) in [6, 6.07) is 3.31. The van der Waals surface area contributed by atoms with Crippen LogP contribution in [0.3, 0.4) is 0 Å². The highest BCUT2D eigenvalue weighted by atomic mass is 35.5. The Morgan fingerprint density at radius 1 is 1.00 bits per heavy atom. The topological polar surface area (TPSA) is 44.8 Å². The lowest BCUT2D eigenvalue weighted by atomic mass is 10.0. The molecule has 0 aliphatic carbocycles. The molecule has 19 heavy (non-hydrogen) atoms. The molecule has 0 unspecified atom stereocenters. The van der Waals surface area contributed by atoms with Crippen molar-refractivity contribution in [3.05, 3.63) is 17.7 Å². The summed E-state index contributed by atoms with van der Waals surface area (Å²) in [5.74, 6) is 2.13. The molecule has 0 aliphatic heterocycles. The summed E-state index contributed by atoms with van der Waals surface area (Å²) >= 11 is 5.60. The average Bonchev–Trinajstić information content (AvgIpc) is 2.45. The zero-order valence-electron chi connectivity index (χ0n) is 11.5. The number of unbranched alkanes of at least 4 members (excludes halogenated alkanes) is 1. The van der Waals surface area contributed by atoms with E-state index in [0.717, 1.165) is 12.8 Å². The van der Waals surface area contributed by atoms with Crippen LogP contribution in [0.5, 0.6) is 17.2 Å². The van der Waals surface area contributed by atoms with Crippen molar-refractivity contribution in [2.75, 3.05) is 27.2 Å².